The van der Waals surface area contributed by atoms with E-state index in [1.54, 1.807) is 0 Å². The quantitative estimate of drug-likeness (QED) is 0.165. The maximum atomic E-state index is 12.7. The molecule has 2 heterocycles. The fourth-order valence-corrected chi connectivity index (χ4v) is 10.4. The molecule has 2 aromatic heterocycles. The van der Waals surface area contributed by atoms with Gasteiger partial charge >= 0.3 is 0 Å². The van der Waals surface area contributed by atoms with Gasteiger partial charge in [0.25, 0.3) is 0 Å². The normalized spacial score (nSPS) is 13.8. The van der Waals surface area contributed by atoms with E-state index in [0.717, 1.165) is 72.5 Å². The van der Waals surface area contributed by atoms with Crippen molar-refractivity contribution in [3.05, 3.63) is 192 Å². The first-order valence-corrected chi connectivity index (χ1v) is 25.4. The Kier molecular flexibility index (Phi) is 12.2. The van der Waals surface area contributed by atoms with E-state index in [-0.39, 0.29) is 22.0 Å². The van der Waals surface area contributed by atoms with Crippen LogP contribution < -0.4 is 0 Å². The summed E-state index contributed by atoms with van der Waals surface area (Å²) in [7, 11) is 0. The van der Waals surface area contributed by atoms with Gasteiger partial charge in [0.1, 0.15) is 11.6 Å². The van der Waals surface area contributed by atoms with Gasteiger partial charge in [0.2, 0.25) is 0 Å². The van der Waals surface area contributed by atoms with Crippen LogP contribution in [0.15, 0.2) is 170 Å². The summed E-state index contributed by atoms with van der Waals surface area (Å²) < 4.78 is 2.29. The van der Waals surface area contributed by atoms with Crippen LogP contribution in [0, 0.1) is 0 Å². The number of hydrogen-bond donors (Lipinski definition) is 1. The van der Waals surface area contributed by atoms with Gasteiger partial charge in [-0.3, -0.25) is 9.55 Å². The maximum absolute atomic E-state index is 12.7. The monoisotopic (exact) mass is 918 g/mol. The summed E-state index contributed by atoms with van der Waals surface area (Å²) in [6.07, 6.45) is 8.57. The van der Waals surface area contributed by atoms with Crippen LogP contribution >= 0.6 is 0 Å². The molecule has 0 unspecified atom stereocenters. The lowest BCUT2D eigenvalue weighted by Crippen LogP contribution is -2.13. The van der Waals surface area contributed by atoms with Crippen molar-refractivity contribution in [2.75, 3.05) is 0 Å². The number of hydrogen-bond acceptors (Lipinski definition) is 3. The van der Waals surface area contributed by atoms with Crippen molar-refractivity contribution in [3.63, 3.8) is 0 Å². The van der Waals surface area contributed by atoms with E-state index in [9.17, 15) is 5.11 Å². The van der Waals surface area contributed by atoms with Gasteiger partial charge in [-0.05, 0) is 140 Å². The van der Waals surface area contributed by atoms with Gasteiger partial charge in [-0.25, -0.2) is 4.98 Å². The minimum atomic E-state index is -0.217. The van der Waals surface area contributed by atoms with E-state index in [4.69, 9.17) is 9.97 Å². The molecule has 1 aliphatic rings. The smallest absolute Gasteiger partial charge is 0.149 e. The van der Waals surface area contributed by atoms with Crippen LogP contribution in [-0.2, 0) is 16.2 Å². The number of phenols is 1. The second kappa shape index (κ2) is 18.4. The first-order valence-electron chi connectivity index (χ1n) is 25.4. The molecule has 0 radical (unpaired) electrons. The van der Waals surface area contributed by atoms with Gasteiger partial charge in [0, 0.05) is 28.5 Å². The topological polar surface area (TPSA) is 50.9 Å². The Bertz CT molecular complexity index is 3330. The summed E-state index contributed by atoms with van der Waals surface area (Å²) in [5.41, 5.74) is 18.5. The van der Waals surface area contributed by atoms with E-state index in [1.165, 1.54) is 54.4 Å². The van der Waals surface area contributed by atoms with Gasteiger partial charge < -0.3 is 5.11 Å². The fraction of sp³-hybridized carbons (Fsp3) is 0.273. The molecule has 0 aliphatic heterocycles. The standard InChI is InChI=1S/C66H67N3O/c1-64(2,3)51-32-33-59(55(40-51)46-22-15-11-16-23-46)69-60-27-19-26-54(61(60)68-63(69)57-42-53(66(7,8)9)41-56(62(57)70)47-24-17-12-18-25-47)49-36-50(38-52(37-49)65(4,5)6)58-39-48(34-35-67-58)45-30-28-44(29-31-45)43-20-13-10-14-21-43/h11-12,15-19,22-43,70H,10,13-14,20-21H2,1-9H3. The van der Waals surface area contributed by atoms with Gasteiger partial charge in [0.05, 0.1) is 28.0 Å². The third-order valence-corrected chi connectivity index (χ3v) is 14.7. The van der Waals surface area contributed by atoms with Crippen molar-refractivity contribution < 1.29 is 5.11 Å². The largest absolute Gasteiger partial charge is 0.507 e. The van der Waals surface area contributed by atoms with Crippen molar-refractivity contribution in [1.82, 2.24) is 14.5 Å². The van der Waals surface area contributed by atoms with E-state index < -0.39 is 0 Å². The van der Waals surface area contributed by atoms with Gasteiger partial charge in [-0.1, -0.05) is 191 Å². The number of para-hydroxylation sites is 1. The molecule has 4 nitrogen and oxygen atoms in total. The van der Waals surface area contributed by atoms with Crippen LogP contribution in [0.3, 0.4) is 0 Å². The summed E-state index contributed by atoms with van der Waals surface area (Å²) in [4.78, 5) is 10.8. The number of pyridine rings is 1. The highest BCUT2D eigenvalue weighted by molar-refractivity contribution is 5.98. The van der Waals surface area contributed by atoms with Crippen LogP contribution in [0.1, 0.15) is 123 Å². The number of fused-ring (bicyclic) bond motifs is 1. The molecule has 7 aromatic carbocycles. The molecule has 9 aromatic rings. The second-order valence-electron chi connectivity index (χ2n) is 22.8. The molecular formula is C66H67N3O. The van der Waals surface area contributed by atoms with Crippen molar-refractivity contribution in [3.8, 4) is 78.6 Å². The summed E-state index contributed by atoms with van der Waals surface area (Å²) in [6.45, 7) is 20.3. The highest BCUT2D eigenvalue weighted by atomic mass is 16.3. The molecule has 1 aliphatic carbocycles. The first kappa shape index (κ1) is 46.7. The lowest BCUT2D eigenvalue weighted by Gasteiger charge is -2.24. The molecular weight excluding hydrogens is 851 g/mol. The van der Waals surface area contributed by atoms with E-state index in [0.29, 0.717) is 17.3 Å². The number of benzene rings is 7. The van der Waals surface area contributed by atoms with Crippen LogP contribution in [0.2, 0.25) is 0 Å². The summed E-state index contributed by atoms with van der Waals surface area (Å²) in [6, 6.07) is 59.2. The SMILES string of the molecule is CC(C)(C)c1cc(-c2cc(-c3ccc(C4CCCCC4)cc3)ccn2)cc(-c2cccc3c2nc(-c2cc(C(C)(C)C)cc(-c4ccccc4)c2O)n3-c2ccc(C(C)(C)C)cc2-c2ccccc2)c1. The molecule has 10 rings (SSSR count). The molecule has 1 N–H and O–H groups in total. The van der Waals surface area contributed by atoms with Crippen LogP contribution in [0.25, 0.3) is 83.9 Å². The number of rotatable bonds is 8. The molecule has 352 valence electrons. The predicted octanol–water partition coefficient (Wildman–Crippen LogP) is 18.1. The Morgan fingerprint density at radius 1 is 0.457 bits per heavy atom. The highest BCUT2D eigenvalue weighted by Crippen LogP contribution is 2.46. The van der Waals surface area contributed by atoms with Crippen molar-refractivity contribution in [2.45, 2.75) is 117 Å². The lowest BCUT2D eigenvalue weighted by atomic mass is 9.83. The third kappa shape index (κ3) is 9.25. The summed E-state index contributed by atoms with van der Waals surface area (Å²) in [5.74, 6) is 1.56. The van der Waals surface area contributed by atoms with Crippen molar-refractivity contribution >= 4 is 11.0 Å². The van der Waals surface area contributed by atoms with Crippen molar-refractivity contribution in [2.24, 2.45) is 0 Å². The Balaban J connectivity index is 1.21. The zero-order chi connectivity index (χ0) is 49.0. The van der Waals surface area contributed by atoms with Crippen LogP contribution in [-0.4, -0.2) is 19.6 Å². The van der Waals surface area contributed by atoms with Gasteiger partial charge in [-0.15, -0.1) is 0 Å². The van der Waals surface area contributed by atoms with Gasteiger partial charge in [0.15, 0.2) is 0 Å². The zero-order valence-electron chi connectivity index (χ0n) is 42.6. The first-order chi connectivity index (χ1) is 33.5. The molecule has 70 heavy (non-hydrogen) atoms. The molecule has 1 saturated carbocycles. The molecule has 1 fully saturated rings. The third-order valence-electron chi connectivity index (χ3n) is 14.7. The average Bonchev–Trinajstić information content (AvgIpc) is 3.75. The number of nitrogens with zero attached hydrogens (tertiary/aromatic N) is 3. The number of imidazole rings is 1. The van der Waals surface area contributed by atoms with Crippen LogP contribution in [0.5, 0.6) is 5.75 Å². The van der Waals surface area contributed by atoms with Gasteiger partial charge in [-0.2, -0.15) is 0 Å². The number of aromatic nitrogens is 3. The Labute approximate surface area is 416 Å². The van der Waals surface area contributed by atoms with Crippen LogP contribution in [0.4, 0.5) is 0 Å². The lowest BCUT2D eigenvalue weighted by molar-refractivity contribution is 0.443. The predicted molar refractivity (Wildman–Crippen MR) is 295 cm³/mol. The van der Waals surface area contributed by atoms with Crippen molar-refractivity contribution in [1.29, 1.82) is 0 Å². The molecule has 0 bridgehead atoms. The number of phenolic OH excluding ortho intramolecular Hbond substituents is 1. The molecule has 0 atom stereocenters. The van der Waals surface area contributed by atoms with E-state index in [1.807, 2.05) is 24.4 Å². The minimum Gasteiger partial charge on any atom is -0.507 e. The maximum Gasteiger partial charge on any atom is 0.149 e. The number of aromatic hydroxyl groups is 1. The fourth-order valence-electron chi connectivity index (χ4n) is 10.4. The molecule has 0 spiro atoms. The second-order valence-corrected chi connectivity index (χ2v) is 22.8. The Hall–Kier alpha value is -7.04. The van der Waals surface area contributed by atoms with E-state index in [2.05, 4.69) is 212 Å². The summed E-state index contributed by atoms with van der Waals surface area (Å²) >= 11 is 0. The van der Waals surface area contributed by atoms with E-state index >= 15 is 0 Å². The molecule has 0 amide bonds. The average molecular weight is 918 g/mol. The summed E-state index contributed by atoms with van der Waals surface area (Å²) in [5, 5.41) is 12.7. The molecule has 4 heteroatoms. The Morgan fingerprint density at radius 2 is 1.06 bits per heavy atom. The molecule has 0 saturated heterocycles. The minimum absolute atomic E-state index is 0.0811. The highest BCUT2D eigenvalue weighted by Gasteiger charge is 2.28. The Morgan fingerprint density at radius 3 is 1.71 bits per heavy atom. The zero-order valence-corrected chi connectivity index (χ0v) is 42.6.